The maximum absolute atomic E-state index is 5.30. The summed E-state index contributed by atoms with van der Waals surface area (Å²) in [6, 6.07) is 3.20. The lowest BCUT2D eigenvalue weighted by Crippen LogP contribution is -2.54. The Labute approximate surface area is 233 Å². The molecule has 0 saturated heterocycles. The zero-order valence-corrected chi connectivity index (χ0v) is 24.3. The summed E-state index contributed by atoms with van der Waals surface area (Å²) in [7, 11) is 0. The van der Waals surface area contributed by atoms with Gasteiger partial charge in [0.05, 0.1) is 12.1 Å². The van der Waals surface area contributed by atoms with Crippen molar-refractivity contribution in [1.29, 1.82) is 0 Å². The molecular weight excluding hydrogens is 468 g/mol. The number of hydrogen-bond donors (Lipinski definition) is 4. The molecule has 0 amide bonds. The zero-order chi connectivity index (χ0) is 25.8. The van der Waals surface area contributed by atoms with E-state index in [9.17, 15) is 0 Å². The summed E-state index contributed by atoms with van der Waals surface area (Å²) in [6.07, 6.45) is 31.6. The summed E-state index contributed by atoms with van der Waals surface area (Å²) in [5.74, 6) is 2.23. The van der Waals surface area contributed by atoms with Gasteiger partial charge in [0, 0.05) is 24.2 Å². The van der Waals surface area contributed by atoms with Gasteiger partial charge in [0.25, 0.3) is 0 Å². The van der Waals surface area contributed by atoms with Crippen molar-refractivity contribution in [3.05, 3.63) is 0 Å². The second-order valence-electron chi connectivity index (χ2n) is 13.3. The van der Waals surface area contributed by atoms with E-state index in [1.807, 2.05) is 0 Å². The maximum atomic E-state index is 5.30. The van der Waals surface area contributed by atoms with Crippen molar-refractivity contribution in [2.75, 3.05) is 0 Å². The van der Waals surface area contributed by atoms with Gasteiger partial charge in [-0.15, -0.1) is 0 Å². The molecule has 0 aromatic heterocycles. The second-order valence-corrected chi connectivity index (χ2v) is 13.3. The minimum Gasteiger partial charge on any atom is -0.354 e. The fourth-order valence-corrected chi connectivity index (χ4v) is 7.74. The van der Waals surface area contributed by atoms with E-state index in [-0.39, 0.29) is 0 Å². The topological polar surface area (TPSA) is 72.8 Å². The first-order valence-electron chi connectivity index (χ1n) is 17.0. The molecule has 5 aliphatic rings. The van der Waals surface area contributed by atoms with Crippen molar-refractivity contribution in [3.63, 3.8) is 0 Å². The molecule has 0 heterocycles. The first-order chi connectivity index (χ1) is 18.8. The average molecular weight is 527 g/mol. The van der Waals surface area contributed by atoms with Gasteiger partial charge in [-0.05, 0) is 77.0 Å². The summed E-state index contributed by atoms with van der Waals surface area (Å²) in [6.45, 7) is 0. The van der Waals surface area contributed by atoms with Gasteiger partial charge in [-0.1, -0.05) is 77.0 Å². The van der Waals surface area contributed by atoms with Crippen molar-refractivity contribution >= 4 is 11.9 Å². The molecule has 0 aromatic carbocycles. The van der Waals surface area contributed by atoms with E-state index >= 15 is 0 Å². The highest BCUT2D eigenvalue weighted by Gasteiger charge is 2.27. The SMILES string of the molecule is C1CCC(N=C(NC2CCCCC2)NC2CCCC(NC(=NC3CCCCC3)NC3CCCCC3)C2)CC1. The lowest BCUT2D eigenvalue weighted by atomic mass is 9.90. The molecule has 5 rings (SSSR count). The fourth-order valence-electron chi connectivity index (χ4n) is 7.74. The van der Waals surface area contributed by atoms with Crippen LogP contribution in [-0.4, -0.2) is 48.2 Å². The summed E-state index contributed by atoms with van der Waals surface area (Å²) in [4.78, 5) is 10.6. The number of rotatable bonds is 6. The van der Waals surface area contributed by atoms with Crippen LogP contribution in [0.15, 0.2) is 9.98 Å². The number of nitrogens with zero attached hydrogens (tertiary/aromatic N) is 2. The lowest BCUT2D eigenvalue weighted by Gasteiger charge is -2.35. The Morgan fingerprint density at radius 2 is 0.658 bits per heavy atom. The molecule has 4 N–H and O–H groups in total. The molecule has 2 atom stereocenters. The average Bonchev–Trinajstić information content (AvgIpc) is 2.95. The van der Waals surface area contributed by atoms with Crippen LogP contribution in [0, 0.1) is 0 Å². The third-order valence-electron chi connectivity index (χ3n) is 10.0. The predicted molar refractivity (Wildman–Crippen MR) is 161 cm³/mol. The molecule has 0 aliphatic heterocycles. The molecule has 5 fully saturated rings. The third kappa shape index (κ3) is 9.33. The van der Waals surface area contributed by atoms with Gasteiger partial charge in [-0.2, -0.15) is 0 Å². The van der Waals surface area contributed by atoms with E-state index in [1.54, 1.807) is 0 Å². The van der Waals surface area contributed by atoms with Crippen LogP contribution in [0.1, 0.15) is 154 Å². The van der Waals surface area contributed by atoms with Gasteiger partial charge in [0.1, 0.15) is 0 Å². The molecule has 6 nitrogen and oxygen atoms in total. The minimum absolute atomic E-state index is 0.491. The lowest BCUT2D eigenvalue weighted by molar-refractivity contribution is 0.336. The van der Waals surface area contributed by atoms with E-state index in [2.05, 4.69) is 21.3 Å². The normalized spacial score (nSPS) is 30.1. The highest BCUT2D eigenvalue weighted by Crippen LogP contribution is 2.24. The molecule has 5 saturated carbocycles. The fraction of sp³-hybridized carbons (Fsp3) is 0.938. The summed E-state index contributed by atoms with van der Waals surface area (Å²) >= 11 is 0. The molecule has 0 spiro atoms. The van der Waals surface area contributed by atoms with Crippen LogP contribution in [0.25, 0.3) is 0 Å². The quantitative estimate of drug-likeness (QED) is 0.230. The van der Waals surface area contributed by atoms with Crippen LogP contribution < -0.4 is 21.3 Å². The highest BCUT2D eigenvalue weighted by atomic mass is 15.2. The van der Waals surface area contributed by atoms with Crippen LogP contribution in [0.5, 0.6) is 0 Å². The summed E-state index contributed by atoms with van der Waals surface area (Å²) in [5.41, 5.74) is 0. The second kappa shape index (κ2) is 15.4. The Bertz CT molecular complexity index is 666. The van der Waals surface area contributed by atoms with Gasteiger partial charge in [0.2, 0.25) is 0 Å². The van der Waals surface area contributed by atoms with Crippen LogP contribution in [-0.2, 0) is 0 Å². The van der Waals surface area contributed by atoms with Crippen LogP contribution in [0.4, 0.5) is 0 Å². The number of aliphatic imine (C=N–C) groups is 2. The molecule has 5 aliphatic carbocycles. The number of nitrogens with one attached hydrogen (secondary N) is 4. The van der Waals surface area contributed by atoms with Crippen LogP contribution >= 0.6 is 0 Å². The van der Waals surface area contributed by atoms with Crippen LogP contribution in [0.2, 0.25) is 0 Å². The van der Waals surface area contributed by atoms with Crippen molar-refractivity contribution < 1.29 is 0 Å². The van der Waals surface area contributed by atoms with Crippen molar-refractivity contribution in [2.24, 2.45) is 9.98 Å². The first kappa shape index (κ1) is 28.1. The number of guanidine groups is 2. The Balaban J connectivity index is 1.20. The Kier molecular flexibility index (Phi) is 11.4. The van der Waals surface area contributed by atoms with Gasteiger partial charge >= 0.3 is 0 Å². The minimum atomic E-state index is 0.491. The molecule has 216 valence electrons. The maximum Gasteiger partial charge on any atom is 0.191 e. The van der Waals surface area contributed by atoms with Gasteiger partial charge < -0.3 is 21.3 Å². The molecule has 0 radical (unpaired) electrons. The Morgan fingerprint density at radius 1 is 0.342 bits per heavy atom. The predicted octanol–water partition coefficient (Wildman–Crippen LogP) is 6.70. The van der Waals surface area contributed by atoms with Crippen molar-refractivity contribution in [2.45, 2.75) is 190 Å². The summed E-state index contributed by atoms with van der Waals surface area (Å²) < 4.78 is 0. The monoisotopic (exact) mass is 526 g/mol. The van der Waals surface area contributed by atoms with Gasteiger partial charge in [-0.3, -0.25) is 0 Å². The molecule has 38 heavy (non-hydrogen) atoms. The zero-order valence-electron chi connectivity index (χ0n) is 24.3. The van der Waals surface area contributed by atoms with Gasteiger partial charge in [-0.25, -0.2) is 9.98 Å². The van der Waals surface area contributed by atoms with Gasteiger partial charge in [0.15, 0.2) is 11.9 Å². The highest BCUT2D eigenvalue weighted by molar-refractivity contribution is 5.81. The molecule has 0 aromatic rings. The third-order valence-corrected chi connectivity index (χ3v) is 10.0. The molecule has 0 bridgehead atoms. The van der Waals surface area contributed by atoms with Crippen LogP contribution in [0.3, 0.4) is 0 Å². The smallest absolute Gasteiger partial charge is 0.191 e. The molecule has 2 unspecified atom stereocenters. The van der Waals surface area contributed by atoms with E-state index in [0.29, 0.717) is 36.3 Å². The molecule has 6 heteroatoms. The van der Waals surface area contributed by atoms with E-state index < -0.39 is 0 Å². The van der Waals surface area contributed by atoms with E-state index in [4.69, 9.17) is 9.98 Å². The Hall–Kier alpha value is -1.46. The van der Waals surface area contributed by atoms with E-state index in [0.717, 1.165) is 18.3 Å². The Morgan fingerprint density at radius 3 is 1.05 bits per heavy atom. The van der Waals surface area contributed by atoms with Crippen molar-refractivity contribution in [3.8, 4) is 0 Å². The largest absolute Gasteiger partial charge is 0.354 e. The standard InChI is InChI=1S/C32H58N6/c1-5-14-25(15-6-1)33-31(34-26-16-7-2-8-17-26)37-29-22-13-23-30(24-29)38-32(35-27-18-9-3-10-19-27)36-28-20-11-4-12-21-28/h25-30H,1-24H2,(H2,33,34,37)(H2,35,36,38). The first-order valence-corrected chi connectivity index (χ1v) is 17.0. The molecular formula is C32H58N6. The summed E-state index contributed by atoms with van der Waals surface area (Å²) in [5, 5.41) is 15.7. The number of hydrogen-bond acceptors (Lipinski definition) is 2. The van der Waals surface area contributed by atoms with E-state index in [1.165, 1.54) is 148 Å². The van der Waals surface area contributed by atoms with Crippen molar-refractivity contribution in [1.82, 2.24) is 21.3 Å².